The first-order valence-corrected chi connectivity index (χ1v) is 7.92. The van der Waals surface area contributed by atoms with Crippen LogP contribution in [0.5, 0.6) is 0 Å². The van der Waals surface area contributed by atoms with Crippen LogP contribution < -0.4 is 10.6 Å². The molecule has 1 aromatic carbocycles. The largest absolute Gasteiger partial charge is 0.418 e. The summed E-state index contributed by atoms with van der Waals surface area (Å²) < 4.78 is 38.8. The SMILES string of the molecule is CNCC(=O)N1CCN(CC(=O)Nc2ccccc2C(F)(F)F)CC1.Cl.Cl. The van der Waals surface area contributed by atoms with Crippen LogP contribution in [0, 0.1) is 0 Å². The lowest BCUT2D eigenvalue weighted by molar-refractivity contribution is -0.137. The Hall–Kier alpha value is -1.55. The van der Waals surface area contributed by atoms with E-state index in [-0.39, 0.29) is 49.5 Å². The maximum atomic E-state index is 12.9. The number of carbonyl (C=O) groups is 2. The van der Waals surface area contributed by atoms with Crippen molar-refractivity contribution in [2.45, 2.75) is 6.18 Å². The molecule has 0 atom stereocenters. The van der Waals surface area contributed by atoms with E-state index >= 15 is 0 Å². The Morgan fingerprint density at radius 3 is 2.22 bits per heavy atom. The zero-order valence-electron chi connectivity index (χ0n) is 14.7. The van der Waals surface area contributed by atoms with Gasteiger partial charge in [-0.1, -0.05) is 12.1 Å². The van der Waals surface area contributed by atoms with E-state index in [9.17, 15) is 22.8 Å². The number of likely N-dealkylation sites (N-methyl/N-ethyl adjacent to an activating group) is 1. The molecule has 2 rings (SSSR count). The Morgan fingerprint density at radius 1 is 1.07 bits per heavy atom. The topological polar surface area (TPSA) is 64.7 Å². The standard InChI is InChI=1S/C16H21F3N4O2.2ClH/c1-20-10-15(25)23-8-6-22(7-9-23)11-14(24)21-13-5-3-2-4-12(13)16(17,18)19;;/h2-5,20H,6-11H2,1H3,(H,21,24);2*1H. The van der Waals surface area contributed by atoms with Gasteiger partial charge in [-0.2, -0.15) is 13.2 Å². The second-order valence-electron chi connectivity index (χ2n) is 5.78. The third-order valence-corrected chi connectivity index (χ3v) is 3.93. The molecule has 0 aromatic heterocycles. The second-order valence-corrected chi connectivity index (χ2v) is 5.78. The minimum Gasteiger partial charge on any atom is -0.339 e. The molecule has 2 N–H and O–H groups in total. The van der Waals surface area contributed by atoms with E-state index in [1.807, 2.05) is 4.90 Å². The van der Waals surface area contributed by atoms with Gasteiger partial charge in [0.25, 0.3) is 0 Å². The van der Waals surface area contributed by atoms with Crippen molar-refractivity contribution in [1.82, 2.24) is 15.1 Å². The number of para-hydroxylation sites is 1. The van der Waals surface area contributed by atoms with Gasteiger partial charge in [0.05, 0.1) is 24.3 Å². The molecule has 11 heteroatoms. The molecule has 1 saturated heterocycles. The molecule has 0 unspecified atom stereocenters. The third-order valence-electron chi connectivity index (χ3n) is 3.93. The fourth-order valence-corrected chi connectivity index (χ4v) is 2.65. The molecule has 1 aromatic rings. The Bertz CT molecular complexity index is 624. The summed E-state index contributed by atoms with van der Waals surface area (Å²) in [5, 5.41) is 5.12. The second kappa shape index (κ2) is 11.3. The van der Waals surface area contributed by atoms with Gasteiger partial charge in [-0.15, -0.1) is 24.8 Å². The number of carbonyl (C=O) groups excluding carboxylic acids is 2. The number of amides is 2. The summed E-state index contributed by atoms with van der Waals surface area (Å²) in [6.45, 7) is 2.24. The fraction of sp³-hybridized carbons (Fsp3) is 0.500. The van der Waals surface area contributed by atoms with Crippen molar-refractivity contribution < 1.29 is 22.8 Å². The van der Waals surface area contributed by atoms with E-state index in [1.54, 1.807) is 11.9 Å². The summed E-state index contributed by atoms with van der Waals surface area (Å²) in [6.07, 6.45) is -4.52. The van der Waals surface area contributed by atoms with Gasteiger partial charge in [-0.05, 0) is 19.2 Å². The highest BCUT2D eigenvalue weighted by molar-refractivity contribution is 5.93. The maximum Gasteiger partial charge on any atom is 0.418 e. The van der Waals surface area contributed by atoms with Crippen LogP contribution in [-0.2, 0) is 15.8 Å². The predicted molar refractivity (Wildman–Crippen MR) is 102 cm³/mol. The van der Waals surface area contributed by atoms with E-state index in [0.29, 0.717) is 26.2 Å². The number of piperazine rings is 1. The molecule has 1 aliphatic heterocycles. The average molecular weight is 431 g/mol. The van der Waals surface area contributed by atoms with Crippen LogP contribution in [-0.4, -0.2) is 67.9 Å². The fourth-order valence-electron chi connectivity index (χ4n) is 2.65. The molecule has 154 valence electrons. The molecular weight excluding hydrogens is 408 g/mol. The molecule has 0 bridgehead atoms. The van der Waals surface area contributed by atoms with Gasteiger partial charge in [0, 0.05) is 26.2 Å². The lowest BCUT2D eigenvalue weighted by atomic mass is 10.1. The number of benzene rings is 1. The van der Waals surface area contributed by atoms with Crippen LogP contribution in [0.1, 0.15) is 5.56 Å². The normalized spacial score (nSPS) is 14.7. The average Bonchev–Trinajstić information content (AvgIpc) is 2.55. The van der Waals surface area contributed by atoms with E-state index < -0.39 is 17.6 Å². The molecule has 0 spiro atoms. The number of anilines is 1. The van der Waals surface area contributed by atoms with Crippen molar-refractivity contribution in [2.75, 3.05) is 51.6 Å². The zero-order valence-corrected chi connectivity index (χ0v) is 16.3. The Kier molecular flexibility index (Phi) is 10.7. The minimum absolute atomic E-state index is 0. The Morgan fingerprint density at radius 2 is 1.67 bits per heavy atom. The lowest BCUT2D eigenvalue weighted by Gasteiger charge is -2.34. The number of halogens is 5. The molecule has 27 heavy (non-hydrogen) atoms. The van der Waals surface area contributed by atoms with Crippen molar-refractivity contribution in [3.63, 3.8) is 0 Å². The van der Waals surface area contributed by atoms with Crippen LogP contribution in [0.2, 0.25) is 0 Å². The third kappa shape index (κ3) is 7.53. The number of alkyl halides is 3. The predicted octanol–water partition coefficient (Wildman–Crippen LogP) is 1.85. The number of nitrogens with one attached hydrogen (secondary N) is 2. The molecular formula is C16H23Cl2F3N4O2. The highest BCUT2D eigenvalue weighted by Crippen LogP contribution is 2.34. The van der Waals surface area contributed by atoms with Crippen LogP contribution in [0.25, 0.3) is 0 Å². The van der Waals surface area contributed by atoms with Crippen molar-refractivity contribution >= 4 is 42.3 Å². The summed E-state index contributed by atoms with van der Waals surface area (Å²) in [5.41, 5.74) is -1.12. The molecule has 0 aliphatic carbocycles. The highest BCUT2D eigenvalue weighted by atomic mass is 35.5. The number of hydrogen-bond acceptors (Lipinski definition) is 4. The zero-order chi connectivity index (χ0) is 18.4. The molecule has 1 heterocycles. The summed E-state index contributed by atoms with van der Waals surface area (Å²) in [6, 6.07) is 4.88. The first-order valence-electron chi connectivity index (χ1n) is 7.92. The highest BCUT2D eigenvalue weighted by Gasteiger charge is 2.33. The van der Waals surface area contributed by atoms with Crippen molar-refractivity contribution in [2.24, 2.45) is 0 Å². The van der Waals surface area contributed by atoms with Crippen LogP contribution in [0.3, 0.4) is 0 Å². The minimum atomic E-state index is -4.52. The van der Waals surface area contributed by atoms with Crippen LogP contribution in [0.4, 0.5) is 18.9 Å². The first-order chi connectivity index (χ1) is 11.8. The van der Waals surface area contributed by atoms with E-state index in [4.69, 9.17) is 0 Å². The molecule has 2 amide bonds. The lowest BCUT2D eigenvalue weighted by Crippen LogP contribution is -2.52. The molecule has 0 radical (unpaired) electrons. The van der Waals surface area contributed by atoms with Gasteiger partial charge >= 0.3 is 6.18 Å². The van der Waals surface area contributed by atoms with Crippen molar-refractivity contribution in [1.29, 1.82) is 0 Å². The van der Waals surface area contributed by atoms with Gasteiger partial charge in [0.15, 0.2) is 0 Å². The van der Waals surface area contributed by atoms with Crippen molar-refractivity contribution in [3.8, 4) is 0 Å². The van der Waals surface area contributed by atoms with Gasteiger partial charge in [0.1, 0.15) is 0 Å². The smallest absolute Gasteiger partial charge is 0.339 e. The van der Waals surface area contributed by atoms with E-state index in [0.717, 1.165) is 6.07 Å². The van der Waals surface area contributed by atoms with E-state index in [2.05, 4.69) is 10.6 Å². The summed E-state index contributed by atoms with van der Waals surface area (Å²) in [4.78, 5) is 27.3. The summed E-state index contributed by atoms with van der Waals surface area (Å²) in [7, 11) is 1.69. The quantitative estimate of drug-likeness (QED) is 0.747. The number of nitrogens with zero attached hydrogens (tertiary/aromatic N) is 2. The summed E-state index contributed by atoms with van der Waals surface area (Å²) in [5.74, 6) is -0.516. The van der Waals surface area contributed by atoms with E-state index in [1.165, 1.54) is 18.2 Å². The van der Waals surface area contributed by atoms with Gasteiger partial charge in [-0.25, -0.2) is 0 Å². The Balaban J connectivity index is 0.00000338. The number of hydrogen-bond donors (Lipinski definition) is 2. The van der Waals surface area contributed by atoms with Crippen LogP contribution in [0.15, 0.2) is 24.3 Å². The monoisotopic (exact) mass is 430 g/mol. The van der Waals surface area contributed by atoms with Gasteiger partial charge < -0.3 is 15.5 Å². The first kappa shape index (κ1) is 25.4. The Labute approximate surface area is 168 Å². The molecule has 1 aliphatic rings. The summed E-state index contributed by atoms with van der Waals surface area (Å²) >= 11 is 0. The van der Waals surface area contributed by atoms with Gasteiger partial charge in [0.2, 0.25) is 11.8 Å². The molecule has 1 fully saturated rings. The molecule has 0 saturated carbocycles. The molecule has 6 nitrogen and oxygen atoms in total. The van der Waals surface area contributed by atoms with Gasteiger partial charge in [-0.3, -0.25) is 14.5 Å². The van der Waals surface area contributed by atoms with Crippen LogP contribution >= 0.6 is 24.8 Å². The number of rotatable bonds is 5. The van der Waals surface area contributed by atoms with Crippen molar-refractivity contribution in [3.05, 3.63) is 29.8 Å². The maximum absolute atomic E-state index is 12.9.